The fraction of sp³-hybridized carbons (Fsp3) is 0.467. The van der Waals surface area contributed by atoms with Gasteiger partial charge >= 0.3 is 0 Å². The van der Waals surface area contributed by atoms with Crippen LogP contribution in [-0.2, 0) is 13.0 Å². The lowest BCUT2D eigenvalue weighted by molar-refractivity contribution is 0.168. The Balaban J connectivity index is 2.14. The van der Waals surface area contributed by atoms with Crippen molar-refractivity contribution >= 4 is 0 Å². The van der Waals surface area contributed by atoms with E-state index in [2.05, 4.69) is 23.9 Å². The average Bonchev–Trinajstić information content (AvgIpc) is 2.84. The second kappa shape index (κ2) is 6.67. The predicted octanol–water partition coefficient (Wildman–Crippen LogP) is 2.36. The first-order chi connectivity index (χ1) is 10.0. The second-order valence-corrected chi connectivity index (χ2v) is 5.36. The number of aliphatic hydroxyl groups excluding tert-OH is 1. The number of rotatable bonds is 6. The molecule has 1 atom stereocenters. The Bertz CT molecular complexity index is 598. The van der Waals surface area contributed by atoms with E-state index in [0.717, 1.165) is 0 Å². The van der Waals surface area contributed by atoms with E-state index in [0.29, 0.717) is 24.0 Å². The first-order valence-corrected chi connectivity index (χ1v) is 6.89. The van der Waals surface area contributed by atoms with Gasteiger partial charge in [-0.05, 0) is 18.1 Å². The van der Waals surface area contributed by atoms with Crippen LogP contribution in [0.4, 0.5) is 4.39 Å². The number of hydrogen-bond donors (Lipinski definition) is 1. The van der Waals surface area contributed by atoms with Crippen molar-refractivity contribution in [3.8, 4) is 5.75 Å². The molecule has 0 fully saturated rings. The third-order valence-corrected chi connectivity index (χ3v) is 3.18. The number of aliphatic hydroxyl groups is 1. The molecular formula is C15H20FN3O2. The molecule has 114 valence electrons. The molecule has 0 saturated carbocycles. The summed E-state index contributed by atoms with van der Waals surface area (Å²) in [7, 11) is 1.47. The Kier molecular flexibility index (Phi) is 4.90. The Morgan fingerprint density at radius 3 is 2.76 bits per heavy atom. The predicted molar refractivity (Wildman–Crippen MR) is 76.5 cm³/mol. The molecular weight excluding hydrogens is 273 g/mol. The van der Waals surface area contributed by atoms with Crippen LogP contribution in [0.3, 0.4) is 0 Å². The van der Waals surface area contributed by atoms with Gasteiger partial charge in [-0.1, -0.05) is 13.8 Å². The summed E-state index contributed by atoms with van der Waals surface area (Å²) in [6.07, 6.45) is 0.705. The van der Waals surface area contributed by atoms with Crippen LogP contribution in [0, 0.1) is 11.7 Å². The lowest BCUT2D eigenvalue weighted by atomic mass is 10.1. The van der Waals surface area contributed by atoms with Crippen LogP contribution in [0.25, 0.3) is 0 Å². The minimum atomic E-state index is -0.967. The number of ether oxygens (including phenoxy) is 1. The second-order valence-electron chi connectivity index (χ2n) is 5.36. The lowest BCUT2D eigenvalue weighted by Crippen LogP contribution is -2.14. The Morgan fingerprint density at radius 1 is 1.38 bits per heavy atom. The maximum atomic E-state index is 13.9. The maximum Gasteiger partial charge on any atom is 0.138 e. The van der Waals surface area contributed by atoms with Crippen LogP contribution in [-0.4, -0.2) is 27.0 Å². The van der Waals surface area contributed by atoms with Crippen molar-refractivity contribution in [3.63, 3.8) is 0 Å². The summed E-state index contributed by atoms with van der Waals surface area (Å²) in [5.74, 6) is 0.995. The Labute approximate surface area is 123 Å². The van der Waals surface area contributed by atoms with Crippen molar-refractivity contribution in [1.82, 2.24) is 14.8 Å². The molecule has 0 aliphatic heterocycles. The highest BCUT2D eigenvalue weighted by Crippen LogP contribution is 2.24. The summed E-state index contributed by atoms with van der Waals surface area (Å²) in [5.41, 5.74) is 0.231. The summed E-state index contributed by atoms with van der Waals surface area (Å²) < 4.78 is 20.6. The molecule has 5 nitrogen and oxygen atoms in total. The number of aromatic nitrogens is 3. The third-order valence-electron chi connectivity index (χ3n) is 3.18. The maximum absolute atomic E-state index is 13.9. The van der Waals surface area contributed by atoms with E-state index in [-0.39, 0.29) is 12.0 Å². The minimum Gasteiger partial charge on any atom is -0.497 e. The molecule has 2 aromatic rings. The lowest BCUT2D eigenvalue weighted by Gasteiger charge is -2.14. The van der Waals surface area contributed by atoms with Crippen LogP contribution >= 0.6 is 0 Å². The van der Waals surface area contributed by atoms with E-state index in [1.54, 1.807) is 10.7 Å². The van der Waals surface area contributed by atoms with Crippen LogP contribution in [0.15, 0.2) is 24.5 Å². The highest BCUT2D eigenvalue weighted by molar-refractivity contribution is 5.30. The van der Waals surface area contributed by atoms with E-state index < -0.39 is 11.9 Å². The quantitative estimate of drug-likeness (QED) is 0.888. The topological polar surface area (TPSA) is 60.2 Å². The zero-order chi connectivity index (χ0) is 15.4. The highest BCUT2D eigenvalue weighted by atomic mass is 19.1. The van der Waals surface area contributed by atoms with Gasteiger partial charge in [0.15, 0.2) is 0 Å². The molecule has 0 spiro atoms. The summed E-state index contributed by atoms with van der Waals surface area (Å²) >= 11 is 0. The fourth-order valence-corrected chi connectivity index (χ4v) is 2.13. The molecule has 1 aromatic carbocycles. The standard InChI is InChI=1S/C15H20FN3O2/c1-10(2)8-19-15(17-9-18-19)7-14(20)12-5-4-11(21-3)6-13(12)16/h4-6,9-10,14,20H,7-8H2,1-3H3. The number of benzene rings is 1. The molecule has 0 aliphatic rings. The molecule has 0 saturated heterocycles. The number of hydrogen-bond acceptors (Lipinski definition) is 4. The number of halogens is 1. The monoisotopic (exact) mass is 293 g/mol. The normalized spacial score (nSPS) is 12.7. The van der Waals surface area contributed by atoms with E-state index >= 15 is 0 Å². The van der Waals surface area contributed by atoms with Gasteiger partial charge in [0, 0.05) is 24.6 Å². The van der Waals surface area contributed by atoms with Gasteiger partial charge in [0.1, 0.15) is 23.7 Å². The number of methoxy groups -OCH3 is 1. The van der Waals surface area contributed by atoms with Crippen LogP contribution in [0.2, 0.25) is 0 Å². The van der Waals surface area contributed by atoms with Gasteiger partial charge in [-0.15, -0.1) is 0 Å². The Morgan fingerprint density at radius 2 is 2.14 bits per heavy atom. The molecule has 0 aliphatic carbocycles. The first-order valence-electron chi connectivity index (χ1n) is 6.89. The van der Waals surface area contributed by atoms with Gasteiger partial charge in [-0.2, -0.15) is 5.10 Å². The molecule has 0 amide bonds. The molecule has 0 radical (unpaired) electrons. The van der Waals surface area contributed by atoms with E-state index in [1.807, 2.05) is 0 Å². The highest BCUT2D eigenvalue weighted by Gasteiger charge is 2.17. The zero-order valence-electron chi connectivity index (χ0n) is 12.5. The van der Waals surface area contributed by atoms with Gasteiger partial charge in [-0.3, -0.25) is 0 Å². The molecule has 2 rings (SSSR count). The molecule has 6 heteroatoms. The molecule has 1 heterocycles. The van der Waals surface area contributed by atoms with Crippen molar-refractivity contribution < 1.29 is 14.2 Å². The minimum absolute atomic E-state index is 0.218. The fourth-order valence-electron chi connectivity index (χ4n) is 2.13. The number of nitrogens with zero attached hydrogens (tertiary/aromatic N) is 3. The Hall–Kier alpha value is -1.95. The van der Waals surface area contributed by atoms with E-state index in [9.17, 15) is 9.50 Å². The summed E-state index contributed by atoms with van der Waals surface area (Å²) in [6, 6.07) is 4.42. The van der Waals surface area contributed by atoms with Gasteiger partial charge in [0.25, 0.3) is 0 Å². The molecule has 21 heavy (non-hydrogen) atoms. The molecule has 1 aromatic heterocycles. The van der Waals surface area contributed by atoms with Crippen LogP contribution < -0.4 is 4.74 Å². The summed E-state index contributed by atoms with van der Waals surface area (Å²) in [6.45, 7) is 4.86. The third kappa shape index (κ3) is 3.78. The van der Waals surface area contributed by atoms with Crippen molar-refractivity contribution in [2.75, 3.05) is 7.11 Å². The summed E-state index contributed by atoms with van der Waals surface area (Å²) in [4.78, 5) is 4.14. The van der Waals surface area contributed by atoms with Gasteiger partial charge in [0.05, 0.1) is 13.2 Å². The SMILES string of the molecule is COc1ccc(C(O)Cc2ncnn2CC(C)C)c(F)c1. The zero-order valence-corrected chi connectivity index (χ0v) is 12.5. The van der Waals surface area contributed by atoms with E-state index in [1.165, 1.54) is 25.6 Å². The van der Waals surface area contributed by atoms with Crippen molar-refractivity contribution in [3.05, 3.63) is 41.7 Å². The van der Waals surface area contributed by atoms with Crippen molar-refractivity contribution in [2.24, 2.45) is 5.92 Å². The van der Waals surface area contributed by atoms with Crippen LogP contribution in [0.5, 0.6) is 5.75 Å². The summed E-state index contributed by atoms with van der Waals surface area (Å²) in [5, 5.41) is 14.4. The van der Waals surface area contributed by atoms with Gasteiger partial charge < -0.3 is 9.84 Å². The first kappa shape index (κ1) is 15.4. The average molecular weight is 293 g/mol. The molecule has 0 bridgehead atoms. The largest absolute Gasteiger partial charge is 0.497 e. The molecule has 1 N–H and O–H groups in total. The van der Waals surface area contributed by atoms with Crippen molar-refractivity contribution in [1.29, 1.82) is 0 Å². The van der Waals surface area contributed by atoms with Crippen molar-refractivity contribution in [2.45, 2.75) is 32.9 Å². The molecule has 1 unspecified atom stereocenters. The van der Waals surface area contributed by atoms with Gasteiger partial charge in [-0.25, -0.2) is 14.1 Å². The van der Waals surface area contributed by atoms with E-state index in [4.69, 9.17) is 4.74 Å². The van der Waals surface area contributed by atoms with Gasteiger partial charge in [0.2, 0.25) is 0 Å². The van der Waals surface area contributed by atoms with Crippen LogP contribution in [0.1, 0.15) is 31.3 Å². The smallest absolute Gasteiger partial charge is 0.138 e.